The molecule has 1 aromatic rings. The van der Waals surface area contributed by atoms with E-state index in [2.05, 4.69) is 11.4 Å². The van der Waals surface area contributed by atoms with Gasteiger partial charge in [-0.3, -0.25) is 0 Å². The summed E-state index contributed by atoms with van der Waals surface area (Å²) in [5.41, 5.74) is 1.78. The molecule has 0 saturated heterocycles. The van der Waals surface area contributed by atoms with E-state index < -0.39 is 10.7 Å². The molecule has 0 bridgehead atoms. The molecule has 17 heavy (non-hydrogen) atoms. The number of nitriles is 1. The van der Waals surface area contributed by atoms with Crippen LogP contribution >= 0.6 is 0 Å². The lowest BCUT2D eigenvalue weighted by atomic mass is 10.1. The second kappa shape index (κ2) is 7.82. The molecule has 0 fully saturated rings. The van der Waals surface area contributed by atoms with Gasteiger partial charge >= 0.3 is 0 Å². The van der Waals surface area contributed by atoms with Crippen molar-refractivity contribution in [3.63, 3.8) is 0 Å². The van der Waals surface area contributed by atoms with Gasteiger partial charge in [-0.25, -0.2) is 8.42 Å². The highest BCUT2D eigenvalue weighted by molar-refractivity contribution is 7.72. The first-order chi connectivity index (χ1) is 8.22. The van der Waals surface area contributed by atoms with Crippen LogP contribution in [0.1, 0.15) is 24.0 Å². The molecule has 0 saturated carbocycles. The van der Waals surface area contributed by atoms with Crippen LogP contribution in [-0.4, -0.2) is 20.7 Å². The van der Waals surface area contributed by atoms with Gasteiger partial charge in [-0.2, -0.15) is 5.26 Å². The summed E-state index contributed by atoms with van der Waals surface area (Å²) in [6, 6.07) is 9.49. The Balaban J connectivity index is 2.16. The molecule has 1 N–H and O–H groups in total. The molecule has 0 aromatic heterocycles. The molecule has 1 aromatic carbocycles. The molecule has 1 rings (SSSR count). The number of hydrogen-bond donors (Lipinski definition) is 2. The van der Waals surface area contributed by atoms with Crippen molar-refractivity contribution < 1.29 is 8.42 Å². The molecule has 5 heteroatoms. The molecule has 0 aliphatic heterocycles. The van der Waals surface area contributed by atoms with E-state index in [4.69, 9.17) is 5.26 Å². The van der Waals surface area contributed by atoms with Crippen molar-refractivity contribution in [2.75, 3.05) is 12.3 Å². The first kappa shape index (κ1) is 13.7. The van der Waals surface area contributed by atoms with Crippen LogP contribution in [0.15, 0.2) is 24.3 Å². The molecular weight excluding hydrogens is 236 g/mol. The lowest BCUT2D eigenvalue weighted by molar-refractivity contribution is 0.603. The van der Waals surface area contributed by atoms with Crippen molar-refractivity contribution in [1.82, 2.24) is 5.32 Å². The Kier molecular flexibility index (Phi) is 6.30. The van der Waals surface area contributed by atoms with Gasteiger partial charge in [0, 0.05) is 12.3 Å². The third kappa shape index (κ3) is 6.05. The monoisotopic (exact) mass is 252 g/mol. The summed E-state index contributed by atoms with van der Waals surface area (Å²) >= 11 is 0. The number of benzene rings is 1. The average molecular weight is 252 g/mol. The Morgan fingerprint density at radius 2 is 1.88 bits per heavy atom. The predicted octanol–water partition coefficient (Wildman–Crippen LogP) is 1.04. The molecule has 0 heterocycles. The Morgan fingerprint density at radius 3 is 2.47 bits per heavy atom. The van der Waals surface area contributed by atoms with E-state index >= 15 is 0 Å². The summed E-state index contributed by atoms with van der Waals surface area (Å²) in [4.78, 5) is 0. The van der Waals surface area contributed by atoms with Gasteiger partial charge in [0.1, 0.15) is 10.7 Å². The van der Waals surface area contributed by atoms with Gasteiger partial charge in [-0.15, -0.1) is 0 Å². The molecule has 0 radical (unpaired) electrons. The molecule has 0 spiro atoms. The molecule has 92 valence electrons. The maximum absolute atomic E-state index is 10.3. The lowest BCUT2D eigenvalue weighted by Crippen LogP contribution is -2.15. The molecule has 0 aliphatic carbocycles. The third-order valence-electron chi connectivity index (χ3n) is 2.36. The van der Waals surface area contributed by atoms with E-state index in [1.54, 1.807) is 12.1 Å². The molecule has 0 unspecified atom stereocenters. The fraction of sp³-hybridized carbons (Fsp3) is 0.417. The van der Waals surface area contributed by atoms with Crippen LogP contribution in [0, 0.1) is 11.3 Å². The van der Waals surface area contributed by atoms with Crippen molar-refractivity contribution in [2.24, 2.45) is 0 Å². The summed E-state index contributed by atoms with van der Waals surface area (Å²) in [6.07, 6.45) is 1.57. The van der Waals surface area contributed by atoms with E-state index in [9.17, 15) is 8.42 Å². The number of unbranched alkanes of at least 4 members (excludes halogenated alkanes) is 1. The van der Waals surface area contributed by atoms with Gasteiger partial charge in [0.25, 0.3) is 0 Å². The van der Waals surface area contributed by atoms with Crippen LogP contribution in [0.5, 0.6) is 0 Å². The van der Waals surface area contributed by atoms with Gasteiger partial charge in [-0.05, 0) is 37.1 Å². The van der Waals surface area contributed by atoms with Crippen molar-refractivity contribution in [3.05, 3.63) is 35.4 Å². The van der Waals surface area contributed by atoms with E-state index in [1.807, 2.05) is 12.1 Å². The number of rotatable bonds is 7. The molecule has 4 nitrogen and oxygen atoms in total. The quantitative estimate of drug-likeness (QED) is 0.562. The van der Waals surface area contributed by atoms with Crippen LogP contribution in [0.4, 0.5) is 0 Å². The maximum Gasteiger partial charge on any atom is 0.140 e. The molecular formula is C12H16N2O2S. The molecule has 0 amide bonds. The summed E-state index contributed by atoms with van der Waals surface area (Å²) in [6.45, 7) is 1.55. The van der Waals surface area contributed by atoms with Gasteiger partial charge in [-0.1, -0.05) is 12.1 Å². The minimum atomic E-state index is -2.23. The summed E-state index contributed by atoms with van der Waals surface area (Å²) < 4.78 is 20.6. The zero-order valence-electron chi connectivity index (χ0n) is 9.56. The van der Waals surface area contributed by atoms with Crippen LogP contribution in [-0.2, 0) is 17.2 Å². The minimum Gasteiger partial charge on any atom is -0.313 e. The predicted molar refractivity (Wildman–Crippen MR) is 67.3 cm³/mol. The highest BCUT2D eigenvalue weighted by atomic mass is 32.2. The number of nitrogens with one attached hydrogen (secondary N) is 1. The van der Waals surface area contributed by atoms with E-state index in [0.29, 0.717) is 12.0 Å². The van der Waals surface area contributed by atoms with Gasteiger partial charge in [0.05, 0.1) is 11.6 Å². The Hall–Kier alpha value is -1.38. The zero-order valence-corrected chi connectivity index (χ0v) is 10.5. The molecule has 0 aliphatic rings. The van der Waals surface area contributed by atoms with E-state index in [0.717, 1.165) is 25.1 Å². The topological polar surface area (TPSA) is 70.0 Å². The van der Waals surface area contributed by atoms with Gasteiger partial charge in [0.2, 0.25) is 0 Å². The van der Waals surface area contributed by atoms with Crippen LogP contribution in [0.25, 0.3) is 0 Å². The van der Waals surface area contributed by atoms with E-state index in [-0.39, 0.29) is 5.75 Å². The smallest absolute Gasteiger partial charge is 0.140 e. The number of hydrogen-bond acceptors (Lipinski definition) is 4. The number of nitrogens with zero attached hydrogens (tertiary/aromatic N) is 1. The van der Waals surface area contributed by atoms with Gasteiger partial charge in [0.15, 0.2) is 0 Å². The van der Waals surface area contributed by atoms with Crippen LogP contribution in [0.2, 0.25) is 0 Å². The third-order valence-corrected chi connectivity index (χ3v) is 3.04. The largest absolute Gasteiger partial charge is 0.313 e. The summed E-state index contributed by atoms with van der Waals surface area (Å²) in [7, 11) is -2.23. The fourth-order valence-corrected chi connectivity index (χ4v) is 1.90. The standard InChI is InChI=1S/C12H16N2O2S/c13-9-11-3-5-12(6-4-11)10-14-7-1-2-8-17(15)16/h3-6,14,17H,1-2,7-8,10H2. The van der Waals surface area contributed by atoms with E-state index in [1.165, 1.54) is 0 Å². The summed E-state index contributed by atoms with van der Waals surface area (Å²) in [5, 5.41) is 11.9. The summed E-state index contributed by atoms with van der Waals surface area (Å²) in [5.74, 6) is 0.272. The normalized spacial score (nSPS) is 10.4. The molecule has 0 atom stereocenters. The fourth-order valence-electron chi connectivity index (χ4n) is 1.42. The second-order valence-electron chi connectivity index (χ2n) is 3.75. The zero-order chi connectivity index (χ0) is 12.5. The first-order valence-electron chi connectivity index (χ1n) is 5.54. The highest BCUT2D eigenvalue weighted by Gasteiger charge is 1.94. The van der Waals surface area contributed by atoms with Crippen molar-refractivity contribution in [1.29, 1.82) is 5.26 Å². The van der Waals surface area contributed by atoms with Crippen molar-refractivity contribution >= 4 is 10.7 Å². The Morgan fingerprint density at radius 1 is 1.18 bits per heavy atom. The average Bonchev–Trinajstić information content (AvgIpc) is 2.34. The van der Waals surface area contributed by atoms with Crippen molar-refractivity contribution in [3.8, 4) is 6.07 Å². The lowest BCUT2D eigenvalue weighted by Gasteiger charge is -2.04. The van der Waals surface area contributed by atoms with Crippen molar-refractivity contribution in [2.45, 2.75) is 19.4 Å². The highest BCUT2D eigenvalue weighted by Crippen LogP contribution is 2.02. The SMILES string of the molecule is N#Cc1ccc(CNCCCC[SH](=O)=O)cc1. The van der Waals surface area contributed by atoms with Crippen LogP contribution < -0.4 is 5.32 Å². The first-order valence-corrected chi connectivity index (χ1v) is 6.90. The number of thiol groups is 1. The second-order valence-corrected chi connectivity index (χ2v) is 4.86. The van der Waals surface area contributed by atoms with Crippen LogP contribution in [0.3, 0.4) is 0 Å². The minimum absolute atomic E-state index is 0.272. The maximum atomic E-state index is 10.3. The Bertz CT molecular complexity index is 439. The Labute approximate surface area is 103 Å². The van der Waals surface area contributed by atoms with Gasteiger partial charge < -0.3 is 5.32 Å².